The monoisotopic (exact) mass is 777 g/mol. The van der Waals surface area contributed by atoms with Crippen molar-refractivity contribution in [3.05, 3.63) is 119 Å². The molecule has 6 heteroatoms. The molecule has 1 saturated carbocycles. The number of carbonyl (C=O) groups excluding carboxylic acids is 2. The van der Waals surface area contributed by atoms with Gasteiger partial charge in [0.2, 0.25) is 0 Å². The van der Waals surface area contributed by atoms with Gasteiger partial charge in [0.05, 0.1) is 14.2 Å². The molecule has 0 saturated heterocycles. The van der Waals surface area contributed by atoms with E-state index in [1.807, 2.05) is 48.5 Å². The lowest BCUT2D eigenvalue weighted by molar-refractivity contribution is -0.132. The van der Waals surface area contributed by atoms with Gasteiger partial charge in [0.15, 0.2) is 0 Å². The number of ether oxygens (including phenoxy) is 4. The average Bonchev–Trinajstić information content (AvgIpc) is 3.23. The lowest BCUT2D eigenvalue weighted by atomic mass is 9.65. The summed E-state index contributed by atoms with van der Waals surface area (Å²) in [6.07, 6.45) is 22.0. The normalized spacial score (nSPS) is 14.4. The van der Waals surface area contributed by atoms with E-state index in [2.05, 4.69) is 62.4 Å². The quantitative estimate of drug-likeness (QED) is 0.0506. The molecule has 0 N–H and O–H groups in total. The minimum Gasteiger partial charge on any atom is -0.497 e. The van der Waals surface area contributed by atoms with Crippen molar-refractivity contribution in [1.82, 2.24) is 0 Å². The Hall–Kier alpha value is -4.58. The zero-order valence-electron chi connectivity index (χ0n) is 35.7. The van der Waals surface area contributed by atoms with Crippen LogP contribution in [0.1, 0.15) is 159 Å². The van der Waals surface area contributed by atoms with Crippen molar-refractivity contribution in [3.63, 3.8) is 0 Å². The first kappa shape index (κ1) is 45.1. The zero-order valence-corrected chi connectivity index (χ0v) is 35.7. The maximum absolute atomic E-state index is 11.3. The Labute approximate surface area is 343 Å². The van der Waals surface area contributed by atoms with Crippen LogP contribution in [0, 0.1) is 0 Å². The van der Waals surface area contributed by atoms with E-state index in [0.717, 1.165) is 30.8 Å². The predicted octanol–water partition coefficient (Wildman–Crippen LogP) is 13.5. The van der Waals surface area contributed by atoms with Crippen LogP contribution >= 0.6 is 0 Å². The topological polar surface area (TPSA) is 71.1 Å². The van der Waals surface area contributed by atoms with Crippen molar-refractivity contribution in [2.45, 2.75) is 148 Å². The number of unbranched alkanes of at least 4 members (excludes halogenated alkanes) is 10. The van der Waals surface area contributed by atoms with Crippen molar-refractivity contribution >= 4 is 11.9 Å². The van der Waals surface area contributed by atoms with Gasteiger partial charge in [-0.15, -0.1) is 0 Å². The summed E-state index contributed by atoms with van der Waals surface area (Å²) in [5.41, 5.74) is 5.11. The molecule has 4 aromatic carbocycles. The van der Waals surface area contributed by atoms with Crippen LogP contribution in [-0.2, 0) is 20.4 Å². The molecular weight excluding hydrogens is 709 g/mol. The van der Waals surface area contributed by atoms with Crippen LogP contribution in [0.5, 0.6) is 23.0 Å². The summed E-state index contributed by atoms with van der Waals surface area (Å²) in [5.74, 6) is 2.38. The Balaban J connectivity index is 0.000000265. The van der Waals surface area contributed by atoms with E-state index in [0.29, 0.717) is 11.5 Å². The lowest BCUT2D eigenvalue weighted by Crippen LogP contribution is -2.30. The molecule has 57 heavy (non-hydrogen) atoms. The number of esters is 2. The molecule has 1 aliphatic carbocycles. The summed E-state index contributed by atoms with van der Waals surface area (Å²) in [6, 6.07) is 32.9. The Morgan fingerprint density at radius 2 is 0.860 bits per heavy atom. The van der Waals surface area contributed by atoms with Crippen molar-refractivity contribution in [2.24, 2.45) is 0 Å². The van der Waals surface area contributed by atoms with E-state index in [9.17, 15) is 9.59 Å². The fraction of sp³-hybridized carbons (Fsp3) is 0.490. The van der Waals surface area contributed by atoms with Crippen molar-refractivity contribution in [2.75, 3.05) is 14.2 Å². The second kappa shape index (κ2) is 23.6. The van der Waals surface area contributed by atoms with E-state index >= 15 is 0 Å². The molecule has 5 rings (SSSR count). The maximum Gasteiger partial charge on any atom is 0.308 e. The van der Waals surface area contributed by atoms with Crippen molar-refractivity contribution < 1.29 is 28.5 Å². The largest absolute Gasteiger partial charge is 0.497 e. The SMILES string of the molecule is CCCCCCCCCCCCCC(C)(c1ccc(OC)cc1)c1ccc(OC(C)=O)cc1.COc1ccc(C2(c3ccc(OC(C)=O)cc3)CCCCC2)cc1. The van der Waals surface area contributed by atoms with Gasteiger partial charge in [-0.05, 0) is 90.0 Å². The number of carbonyl (C=O) groups is 2. The first-order valence-electron chi connectivity index (χ1n) is 21.5. The molecular formula is C51H68O6. The molecule has 4 aromatic rings. The van der Waals surface area contributed by atoms with Gasteiger partial charge in [-0.1, -0.05) is 152 Å². The second-order valence-electron chi connectivity index (χ2n) is 16.0. The third kappa shape index (κ3) is 13.8. The highest BCUT2D eigenvalue weighted by atomic mass is 16.5. The van der Waals surface area contributed by atoms with Crippen LogP contribution in [0.4, 0.5) is 0 Å². The molecule has 6 nitrogen and oxygen atoms in total. The maximum atomic E-state index is 11.3. The number of rotatable bonds is 20. The molecule has 0 spiro atoms. The third-order valence-corrected chi connectivity index (χ3v) is 11.8. The average molecular weight is 777 g/mol. The Kier molecular flexibility index (Phi) is 18.7. The molecule has 0 amide bonds. The van der Waals surface area contributed by atoms with Gasteiger partial charge in [-0.2, -0.15) is 0 Å². The minimum absolute atomic E-state index is 0.0409. The molecule has 1 atom stereocenters. The first-order chi connectivity index (χ1) is 27.6. The van der Waals surface area contributed by atoms with Gasteiger partial charge in [0.1, 0.15) is 23.0 Å². The second-order valence-corrected chi connectivity index (χ2v) is 16.0. The molecule has 0 aromatic heterocycles. The fourth-order valence-corrected chi connectivity index (χ4v) is 8.43. The van der Waals surface area contributed by atoms with E-state index < -0.39 is 0 Å². The first-order valence-corrected chi connectivity index (χ1v) is 21.5. The number of methoxy groups -OCH3 is 2. The predicted molar refractivity (Wildman–Crippen MR) is 233 cm³/mol. The van der Waals surface area contributed by atoms with Gasteiger partial charge in [-0.3, -0.25) is 9.59 Å². The molecule has 0 heterocycles. The van der Waals surface area contributed by atoms with Gasteiger partial charge in [0, 0.05) is 24.7 Å². The fourth-order valence-electron chi connectivity index (χ4n) is 8.43. The van der Waals surface area contributed by atoms with Gasteiger partial charge < -0.3 is 18.9 Å². The Morgan fingerprint density at radius 1 is 0.509 bits per heavy atom. The smallest absolute Gasteiger partial charge is 0.308 e. The highest BCUT2D eigenvalue weighted by Gasteiger charge is 2.35. The Bertz CT molecular complexity index is 1740. The van der Waals surface area contributed by atoms with E-state index in [-0.39, 0.29) is 22.8 Å². The molecule has 1 aliphatic rings. The van der Waals surface area contributed by atoms with E-state index in [1.54, 1.807) is 14.2 Å². The number of hydrogen-bond acceptors (Lipinski definition) is 6. The van der Waals surface area contributed by atoms with E-state index in [4.69, 9.17) is 18.9 Å². The summed E-state index contributed by atoms with van der Waals surface area (Å²) in [6.45, 7) is 7.46. The standard InChI is InChI=1S/C30H44O3.C21H24O3/c1-5-6-7-8-9-10-11-12-13-14-15-24-30(3,26-16-20-28(32-4)21-17-26)27-18-22-29(23-19-27)33-25(2)31;1-16(22)24-20-12-8-18(9-13-20)21(14-4-3-5-15-21)17-6-10-19(23-2)11-7-17/h16-23H,5-15,24H2,1-4H3;6-13H,3-5,14-15H2,1-2H3. The van der Waals surface area contributed by atoms with Crippen molar-refractivity contribution in [1.29, 1.82) is 0 Å². The third-order valence-electron chi connectivity index (χ3n) is 11.8. The van der Waals surface area contributed by atoms with Crippen molar-refractivity contribution in [3.8, 4) is 23.0 Å². The minimum atomic E-state index is -0.290. The zero-order chi connectivity index (χ0) is 40.9. The van der Waals surface area contributed by atoms with Gasteiger partial charge in [-0.25, -0.2) is 0 Å². The summed E-state index contributed by atoms with van der Waals surface area (Å²) >= 11 is 0. The Morgan fingerprint density at radius 3 is 1.25 bits per heavy atom. The molecule has 0 bridgehead atoms. The molecule has 0 aliphatic heterocycles. The van der Waals surface area contributed by atoms with Crippen LogP contribution < -0.4 is 18.9 Å². The lowest BCUT2D eigenvalue weighted by Gasteiger charge is -2.38. The summed E-state index contributed by atoms with van der Waals surface area (Å²) < 4.78 is 21.1. The van der Waals surface area contributed by atoms with Crippen LogP contribution in [0.15, 0.2) is 97.1 Å². The van der Waals surface area contributed by atoms with Crippen LogP contribution in [-0.4, -0.2) is 26.2 Å². The van der Waals surface area contributed by atoms with Gasteiger partial charge >= 0.3 is 11.9 Å². The van der Waals surface area contributed by atoms with Crippen LogP contribution in [0.3, 0.4) is 0 Å². The summed E-state index contributed by atoms with van der Waals surface area (Å²) in [4.78, 5) is 22.4. The summed E-state index contributed by atoms with van der Waals surface area (Å²) in [7, 11) is 3.40. The molecule has 308 valence electrons. The number of hydrogen-bond donors (Lipinski definition) is 0. The highest BCUT2D eigenvalue weighted by Crippen LogP contribution is 2.45. The molecule has 0 radical (unpaired) electrons. The molecule has 1 fully saturated rings. The summed E-state index contributed by atoms with van der Waals surface area (Å²) in [5, 5.41) is 0. The van der Waals surface area contributed by atoms with Crippen LogP contribution in [0.25, 0.3) is 0 Å². The molecule has 1 unspecified atom stereocenters. The van der Waals surface area contributed by atoms with E-state index in [1.165, 1.54) is 126 Å². The van der Waals surface area contributed by atoms with Gasteiger partial charge in [0.25, 0.3) is 0 Å². The number of benzene rings is 4. The highest BCUT2D eigenvalue weighted by molar-refractivity contribution is 5.69. The van der Waals surface area contributed by atoms with Crippen LogP contribution in [0.2, 0.25) is 0 Å².